The Morgan fingerprint density at radius 3 is 2.58 bits per heavy atom. The van der Waals surface area contributed by atoms with E-state index in [2.05, 4.69) is 9.97 Å². The lowest BCUT2D eigenvalue weighted by Gasteiger charge is -2.17. The van der Waals surface area contributed by atoms with Crippen molar-refractivity contribution in [2.24, 2.45) is 0 Å². The zero-order chi connectivity index (χ0) is 17.1. The van der Waals surface area contributed by atoms with Gasteiger partial charge in [0, 0.05) is 26.2 Å². The van der Waals surface area contributed by atoms with Gasteiger partial charge in [0.05, 0.1) is 0 Å². The van der Waals surface area contributed by atoms with Crippen LogP contribution in [0.5, 0.6) is 0 Å². The standard InChI is InChI=1S/C18H19N3O3/c1-23-17(24-2)15-14(16(22)21-18(19)20-15)10-12-8-5-7-11-6-3-4-9-13(11)12/h3-9,17H,10H2,1-2H3,(H3,19,20,21,22). The average molecular weight is 325 g/mol. The highest BCUT2D eigenvalue weighted by molar-refractivity contribution is 5.85. The minimum Gasteiger partial charge on any atom is -0.369 e. The number of nitrogens with zero attached hydrogens (tertiary/aromatic N) is 1. The summed E-state index contributed by atoms with van der Waals surface area (Å²) < 4.78 is 10.5. The molecular weight excluding hydrogens is 306 g/mol. The Bertz CT molecular complexity index is 912. The van der Waals surface area contributed by atoms with Crippen LogP contribution in [0.4, 0.5) is 5.95 Å². The highest BCUT2D eigenvalue weighted by Crippen LogP contribution is 2.24. The maximum atomic E-state index is 12.5. The van der Waals surface area contributed by atoms with Gasteiger partial charge in [0.25, 0.3) is 5.56 Å². The van der Waals surface area contributed by atoms with E-state index in [-0.39, 0.29) is 11.5 Å². The summed E-state index contributed by atoms with van der Waals surface area (Å²) in [5, 5.41) is 2.21. The summed E-state index contributed by atoms with van der Waals surface area (Å²) in [4.78, 5) is 19.2. The number of anilines is 1. The summed E-state index contributed by atoms with van der Waals surface area (Å²) in [6.45, 7) is 0. The summed E-state index contributed by atoms with van der Waals surface area (Å²) in [5.41, 5.74) is 7.30. The number of nitrogen functional groups attached to an aromatic ring is 1. The second-order valence-corrected chi connectivity index (χ2v) is 5.43. The zero-order valence-electron chi connectivity index (χ0n) is 13.6. The molecule has 0 aliphatic carbocycles. The predicted molar refractivity (Wildman–Crippen MR) is 92.8 cm³/mol. The number of rotatable bonds is 5. The minimum atomic E-state index is -0.750. The molecule has 3 rings (SSSR count). The molecule has 0 saturated carbocycles. The fourth-order valence-corrected chi connectivity index (χ4v) is 2.86. The van der Waals surface area contributed by atoms with E-state index in [9.17, 15) is 4.79 Å². The zero-order valence-corrected chi connectivity index (χ0v) is 13.6. The Morgan fingerprint density at radius 2 is 1.83 bits per heavy atom. The van der Waals surface area contributed by atoms with E-state index in [1.807, 2.05) is 42.5 Å². The molecule has 3 N–H and O–H groups in total. The van der Waals surface area contributed by atoms with Gasteiger partial charge in [0.2, 0.25) is 12.2 Å². The summed E-state index contributed by atoms with van der Waals surface area (Å²) in [5.74, 6) is 0.0377. The molecule has 0 unspecified atom stereocenters. The third kappa shape index (κ3) is 3.02. The molecule has 0 fully saturated rings. The Morgan fingerprint density at radius 1 is 1.12 bits per heavy atom. The molecule has 0 aliphatic heterocycles. The normalized spacial score (nSPS) is 11.3. The molecule has 3 aromatic rings. The molecule has 1 heterocycles. The van der Waals surface area contributed by atoms with Gasteiger partial charge in [0.1, 0.15) is 5.69 Å². The topological polar surface area (TPSA) is 90.2 Å². The average Bonchev–Trinajstić information content (AvgIpc) is 2.59. The number of hydrogen-bond donors (Lipinski definition) is 2. The number of nitrogens with one attached hydrogen (secondary N) is 1. The molecule has 0 amide bonds. The maximum Gasteiger partial charge on any atom is 0.256 e. The highest BCUT2D eigenvalue weighted by Gasteiger charge is 2.20. The molecule has 1 aromatic heterocycles. The highest BCUT2D eigenvalue weighted by atomic mass is 16.7. The van der Waals surface area contributed by atoms with Crippen LogP contribution in [-0.2, 0) is 15.9 Å². The maximum absolute atomic E-state index is 12.5. The third-order valence-electron chi connectivity index (χ3n) is 3.96. The number of aromatic amines is 1. The van der Waals surface area contributed by atoms with Gasteiger partial charge in [-0.1, -0.05) is 42.5 Å². The number of hydrogen-bond acceptors (Lipinski definition) is 5. The Balaban J connectivity index is 2.14. The first-order valence-electron chi connectivity index (χ1n) is 7.55. The van der Waals surface area contributed by atoms with Gasteiger partial charge < -0.3 is 15.2 Å². The van der Waals surface area contributed by atoms with Gasteiger partial charge in [-0.05, 0) is 16.3 Å². The molecular formula is C18H19N3O3. The van der Waals surface area contributed by atoms with E-state index < -0.39 is 6.29 Å². The number of aromatic nitrogens is 2. The van der Waals surface area contributed by atoms with E-state index in [0.29, 0.717) is 17.7 Å². The van der Waals surface area contributed by atoms with Crippen LogP contribution in [0.3, 0.4) is 0 Å². The molecule has 6 heteroatoms. The van der Waals surface area contributed by atoms with Crippen molar-refractivity contribution in [1.82, 2.24) is 9.97 Å². The second kappa shape index (κ2) is 6.82. The monoisotopic (exact) mass is 325 g/mol. The fraction of sp³-hybridized carbons (Fsp3) is 0.222. The number of nitrogens with two attached hydrogens (primary N) is 1. The van der Waals surface area contributed by atoms with Crippen LogP contribution in [0.2, 0.25) is 0 Å². The van der Waals surface area contributed by atoms with Crippen molar-refractivity contribution in [3.05, 3.63) is 69.6 Å². The van der Waals surface area contributed by atoms with Gasteiger partial charge in [-0.2, -0.15) is 0 Å². The molecule has 124 valence electrons. The molecule has 0 spiro atoms. The first-order chi connectivity index (χ1) is 11.6. The summed E-state index contributed by atoms with van der Waals surface area (Å²) in [6.07, 6.45) is -0.345. The SMILES string of the molecule is COC(OC)c1nc(N)[nH]c(=O)c1Cc1cccc2ccccc12. The molecule has 24 heavy (non-hydrogen) atoms. The van der Waals surface area contributed by atoms with E-state index in [4.69, 9.17) is 15.2 Å². The first kappa shape index (κ1) is 16.2. The molecule has 0 bridgehead atoms. The van der Waals surface area contributed by atoms with Crippen molar-refractivity contribution >= 4 is 16.7 Å². The predicted octanol–water partition coefficient (Wildman–Crippen LogP) is 2.39. The van der Waals surface area contributed by atoms with Crippen LogP contribution >= 0.6 is 0 Å². The molecule has 6 nitrogen and oxygen atoms in total. The van der Waals surface area contributed by atoms with Gasteiger partial charge in [-0.25, -0.2) is 4.98 Å². The van der Waals surface area contributed by atoms with Gasteiger partial charge in [-0.15, -0.1) is 0 Å². The lowest BCUT2D eigenvalue weighted by Crippen LogP contribution is -2.23. The first-order valence-corrected chi connectivity index (χ1v) is 7.55. The van der Waals surface area contributed by atoms with Crippen LogP contribution in [0.15, 0.2) is 47.3 Å². The number of methoxy groups -OCH3 is 2. The third-order valence-corrected chi connectivity index (χ3v) is 3.96. The van der Waals surface area contributed by atoms with Crippen LogP contribution in [0.1, 0.15) is 23.1 Å². The van der Waals surface area contributed by atoms with Gasteiger partial charge >= 0.3 is 0 Å². The summed E-state index contributed by atoms with van der Waals surface area (Å²) in [6, 6.07) is 14.0. The summed E-state index contributed by atoms with van der Waals surface area (Å²) in [7, 11) is 2.99. The van der Waals surface area contributed by atoms with Gasteiger partial charge in [0.15, 0.2) is 0 Å². The van der Waals surface area contributed by atoms with Crippen molar-refractivity contribution in [3.63, 3.8) is 0 Å². The van der Waals surface area contributed by atoms with Crippen molar-refractivity contribution in [3.8, 4) is 0 Å². The Kier molecular flexibility index (Phi) is 4.59. The Labute approximate surface area is 139 Å². The Hall–Kier alpha value is -2.70. The van der Waals surface area contributed by atoms with Crippen molar-refractivity contribution in [1.29, 1.82) is 0 Å². The number of fused-ring (bicyclic) bond motifs is 1. The number of benzene rings is 2. The minimum absolute atomic E-state index is 0.0377. The number of H-pyrrole nitrogens is 1. The van der Waals surface area contributed by atoms with Crippen molar-refractivity contribution in [2.75, 3.05) is 20.0 Å². The van der Waals surface area contributed by atoms with Gasteiger partial charge in [-0.3, -0.25) is 9.78 Å². The largest absolute Gasteiger partial charge is 0.369 e. The van der Waals surface area contributed by atoms with Crippen molar-refractivity contribution < 1.29 is 9.47 Å². The second-order valence-electron chi connectivity index (χ2n) is 5.43. The lowest BCUT2D eigenvalue weighted by molar-refractivity contribution is -0.109. The quantitative estimate of drug-likeness (QED) is 0.703. The molecule has 2 aromatic carbocycles. The van der Waals surface area contributed by atoms with E-state index in [0.717, 1.165) is 16.3 Å². The van der Waals surface area contributed by atoms with E-state index in [1.54, 1.807) is 0 Å². The van der Waals surface area contributed by atoms with Crippen LogP contribution in [0.25, 0.3) is 10.8 Å². The molecule has 0 atom stereocenters. The number of ether oxygens (including phenoxy) is 2. The summed E-state index contributed by atoms with van der Waals surface area (Å²) >= 11 is 0. The molecule has 0 aliphatic rings. The van der Waals surface area contributed by atoms with E-state index >= 15 is 0 Å². The molecule has 0 saturated heterocycles. The van der Waals surface area contributed by atoms with Crippen LogP contribution in [0, 0.1) is 0 Å². The lowest BCUT2D eigenvalue weighted by atomic mass is 9.98. The van der Waals surface area contributed by atoms with E-state index in [1.165, 1.54) is 14.2 Å². The van der Waals surface area contributed by atoms with Crippen LogP contribution in [-0.4, -0.2) is 24.2 Å². The van der Waals surface area contributed by atoms with Crippen LogP contribution < -0.4 is 11.3 Å². The fourth-order valence-electron chi connectivity index (χ4n) is 2.86. The van der Waals surface area contributed by atoms with Crippen molar-refractivity contribution in [2.45, 2.75) is 12.7 Å². The molecule has 0 radical (unpaired) electrons. The smallest absolute Gasteiger partial charge is 0.256 e.